The maximum absolute atomic E-state index is 13.0. The number of hydrogen-bond acceptors (Lipinski definition) is 6. The molecule has 4 aromatic rings. The molecule has 1 N–H and O–H groups in total. The average Bonchev–Trinajstić information content (AvgIpc) is 3.55. The minimum Gasteiger partial charge on any atom is -0.344 e. The summed E-state index contributed by atoms with van der Waals surface area (Å²) in [4.78, 5) is 24.7. The molecule has 1 saturated carbocycles. The first kappa shape index (κ1) is 22.7. The first-order valence-electron chi connectivity index (χ1n) is 12.9. The van der Waals surface area contributed by atoms with E-state index in [1.165, 1.54) is 10.9 Å². The van der Waals surface area contributed by atoms with E-state index in [0.29, 0.717) is 29.1 Å². The van der Waals surface area contributed by atoms with Crippen LogP contribution in [0.15, 0.2) is 47.5 Å². The van der Waals surface area contributed by atoms with E-state index in [0.717, 1.165) is 50.8 Å². The van der Waals surface area contributed by atoms with Crippen molar-refractivity contribution in [3.8, 4) is 6.07 Å². The van der Waals surface area contributed by atoms with E-state index in [1.54, 1.807) is 16.8 Å². The minimum absolute atomic E-state index is 0.0782. The standard InChI is InChI=1S/C28H31N7O/c1-18-13-24(10-11-33(18)2)34-12-9-19-15-22(7-8-25(19)34)31-28-30-17-21-14-20(16-29)27(36)35(26(21)32-28)23-5-3-4-6-23/h7-9,12,14-15,17-18,23-24H,3-6,10-11,13H2,1-2H3,(H,30,31,32)/t18-,24?/m1/s1. The Morgan fingerprint density at radius 3 is 2.69 bits per heavy atom. The lowest BCUT2D eigenvalue weighted by Crippen LogP contribution is -2.38. The minimum atomic E-state index is -0.257. The topological polar surface area (TPSA) is 91.8 Å². The molecule has 0 bridgehead atoms. The molecule has 8 heteroatoms. The van der Waals surface area contributed by atoms with E-state index >= 15 is 0 Å². The van der Waals surface area contributed by atoms with E-state index in [2.05, 4.69) is 64.2 Å². The van der Waals surface area contributed by atoms with Gasteiger partial charge >= 0.3 is 0 Å². The molecule has 8 nitrogen and oxygen atoms in total. The van der Waals surface area contributed by atoms with E-state index in [-0.39, 0.29) is 17.2 Å². The van der Waals surface area contributed by atoms with Crippen LogP contribution in [0.25, 0.3) is 21.9 Å². The lowest BCUT2D eigenvalue weighted by Gasteiger charge is -2.36. The Hall–Kier alpha value is -3.70. The van der Waals surface area contributed by atoms with E-state index in [9.17, 15) is 10.1 Å². The molecule has 1 aromatic carbocycles. The number of nitriles is 1. The number of fused-ring (bicyclic) bond motifs is 2. The Bertz CT molecular complexity index is 1540. The van der Waals surface area contributed by atoms with Crippen molar-refractivity contribution in [2.75, 3.05) is 18.9 Å². The fourth-order valence-electron chi connectivity index (χ4n) is 5.97. The highest BCUT2D eigenvalue weighted by atomic mass is 16.1. The third kappa shape index (κ3) is 3.94. The quantitative estimate of drug-likeness (QED) is 0.434. The second kappa shape index (κ2) is 9.07. The van der Waals surface area contributed by atoms with Crippen molar-refractivity contribution in [1.82, 2.24) is 24.0 Å². The largest absolute Gasteiger partial charge is 0.344 e. The number of likely N-dealkylation sites (tertiary alicyclic amines) is 1. The van der Waals surface area contributed by atoms with Crippen molar-refractivity contribution in [1.29, 1.82) is 5.26 Å². The molecule has 1 aliphatic heterocycles. The van der Waals surface area contributed by atoms with Crippen LogP contribution in [-0.2, 0) is 0 Å². The Balaban J connectivity index is 1.32. The molecular weight excluding hydrogens is 450 g/mol. The van der Waals surface area contributed by atoms with E-state index in [4.69, 9.17) is 4.98 Å². The van der Waals surface area contributed by atoms with Gasteiger partial charge in [-0.15, -0.1) is 0 Å². The summed E-state index contributed by atoms with van der Waals surface area (Å²) in [5.74, 6) is 0.446. The van der Waals surface area contributed by atoms with Crippen molar-refractivity contribution < 1.29 is 0 Å². The molecule has 3 aromatic heterocycles. The molecule has 2 atom stereocenters. The molecule has 6 rings (SSSR count). The van der Waals surface area contributed by atoms with Gasteiger partial charge in [-0.2, -0.15) is 10.2 Å². The first-order chi connectivity index (χ1) is 17.5. The predicted molar refractivity (Wildman–Crippen MR) is 142 cm³/mol. The number of rotatable bonds is 4. The van der Waals surface area contributed by atoms with Crippen LogP contribution in [0.3, 0.4) is 0 Å². The second-order valence-electron chi connectivity index (χ2n) is 10.4. The lowest BCUT2D eigenvalue weighted by atomic mass is 9.98. The zero-order valence-electron chi connectivity index (χ0n) is 20.8. The molecule has 1 aliphatic carbocycles. The van der Waals surface area contributed by atoms with Crippen molar-refractivity contribution in [3.63, 3.8) is 0 Å². The fraction of sp³-hybridized carbons (Fsp3) is 0.429. The number of pyridine rings is 1. The van der Waals surface area contributed by atoms with E-state index in [1.807, 2.05) is 6.07 Å². The number of aromatic nitrogens is 4. The maximum Gasteiger partial charge on any atom is 0.270 e. The molecule has 4 heterocycles. The Morgan fingerprint density at radius 2 is 1.92 bits per heavy atom. The lowest BCUT2D eigenvalue weighted by molar-refractivity contribution is 0.159. The van der Waals surface area contributed by atoms with E-state index < -0.39 is 0 Å². The average molecular weight is 482 g/mol. The highest BCUT2D eigenvalue weighted by molar-refractivity contribution is 5.85. The Labute approximate surface area is 210 Å². The predicted octanol–water partition coefficient (Wildman–Crippen LogP) is 5.13. The van der Waals surface area contributed by atoms with Crippen LogP contribution in [0.1, 0.15) is 63.1 Å². The number of piperidine rings is 1. The molecule has 184 valence electrons. The molecule has 2 aliphatic rings. The first-order valence-corrected chi connectivity index (χ1v) is 12.9. The van der Waals surface area contributed by atoms with Gasteiger partial charge in [0.05, 0.1) is 0 Å². The smallest absolute Gasteiger partial charge is 0.270 e. The number of hydrogen-bond donors (Lipinski definition) is 1. The monoisotopic (exact) mass is 481 g/mol. The maximum atomic E-state index is 13.0. The van der Waals surface area contributed by atoms with Gasteiger partial charge in [0.15, 0.2) is 0 Å². The van der Waals surface area contributed by atoms with Gasteiger partial charge in [0.1, 0.15) is 17.3 Å². The summed E-state index contributed by atoms with van der Waals surface area (Å²) in [5, 5.41) is 14.7. The van der Waals surface area contributed by atoms with Crippen LogP contribution in [-0.4, -0.2) is 43.6 Å². The van der Waals surface area contributed by atoms with Gasteiger partial charge in [-0.05, 0) is 70.0 Å². The van der Waals surface area contributed by atoms with Crippen molar-refractivity contribution in [3.05, 3.63) is 58.6 Å². The SMILES string of the molecule is C[C@@H]1CC(n2ccc3cc(Nc4ncc5cc(C#N)c(=O)n(C6CCCC6)c5n4)ccc32)CCN1C. The Morgan fingerprint density at radius 1 is 1.08 bits per heavy atom. The van der Waals surface area contributed by atoms with Gasteiger partial charge in [-0.25, -0.2) is 4.98 Å². The van der Waals surface area contributed by atoms with Crippen LogP contribution in [0.4, 0.5) is 11.6 Å². The summed E-state index contributed by atoms with van der Waals surface area (Å²) in [6, 6.07) is 13.3. The molecular formula is C28H31N7O. The van der Waals surface area contributed by atoms with Crippen molar-refractivity contribution in [2.45, 2.75) is 63.6 Å². The van der Waals surface area contributed by atoms with Crippen LogP contribution < -0.4 is 10.9 Å². The van der Waals surface area contributed by atoms with Crippen LogP contribution >= 0.6 is 0 Å². The van der Waals surface area contributed by atoms with Gasteiger partial charge < -0.3 is 14.8 Å². The molecule has 0 amide bonds. The Kier molecular flexibility index (Phi) is 5.73. The van der Waals surface area contributed by atoms with Gasteiger partial charge in [0.25, 0.3) is 5.56 Å². The van der Waals surface area contributed by atoms with Crippen LogP contribution in [0, 0.1) is 11.3 Å². The molecule has 2 fully saturated rings. The van der Waals surface area contributed by atoms with Gasteiger partial charge in [-0.3, -0.25) is 9.36 Å². The van der Waals surface area contributed by atoms with Crippen LogP contribution in [0.5, 0.6) is 0 Å². The van der Waals surface area contributed by atoms with Crippen molar-refractivity contribution >= 4 is 33.6 Å². The number of benzene rings is 1. The molecule has 36 heavy (non-hydrogen) atoms. The highest BCUT2D eigenvalue weighted by Crippen LogP contribution is 2.33. The molecule has 1 unspecified atom stereocenters. The van der Waals surface area contributed by atoms with Crippen molar-refractivity contribution in [2.24, 2.45) is 0 Å². The van der Waals surface area contributed by atoms with Gasteiger partial charge in [0.2, 0.25) is 5.95 Å². The third-order valence-corrected chi connectivity index (χ3v) is 8.13. The molecule has 1 saturated heterocycles. The summed E-state index contributed by atoms with van der Waals surface area (Å²) >= 11 is 0. The zero-order chi connectivity index (χ0) is 24.8. The summed E-state index contributed by atoms with van der Waals surface area (Å²) in [5.41, 5.74) is 2.62. The molecule has 0 radical (unpaired) electrons. The highest BCUT2D eigenvalue weighted by Gasteiger charge is 2.25. The number of nitrogens with zero attached hydrogens (tertiary/aromatic N) is 6. The number of nitrogens with one attached hydrogen (secondary N) is 1. The van der Waals surface area contributed by atoms with Crippen LogP contribution in [0.2, 0.25) is 0 Å². The third-order valence-electron chi connectivity index (χ3n) is 8.13. The fourth-order valence-corrected chi connectivity index (χ4v) is 5.97. The normalized spacial score (nSPS) is 21.2. The summed E-state index contributed by atoms with van der Waals surface area (Å²) in [6.07, 6.45) is 10.3. The zero-order valence-corrected chi connectivity index (χ0v) is 20.8. The van der Waals surface area contributed by atoms with Gasteiger partial charge in [0, 0.05) is 59.0 Å². The summed E-state index contributed by atoms with van der Waals surface area (Å²) < 4.78 is 4.14. The summed E-state index contributed by atoms with van der Waals surface area (Å²) in [7, 11) is 2.21. The second-order valence-corrected chi connectivity index (χ2v) is 10.4. The summed E-state index contributed by atoms with van der Waals surface area (Å²) in [6.45, 7) is 3.42. The van der Waals surface area contributed by atoms with Gasteiger partial charge in [-0.1, -0.05) is 12.8 Å². The molecule has 0 spiro atoms. The number of anilines is 2.